The lowest BCUT2D eigenvalue weighted by Gasteiger charge is -2.10. The molecule has 0 radical (unpaired) electrons. The Balaban J connectivity index is 1.99. The number of rotatable bonds is 7. The van der Waals surface area contributed by atoms with E-state index in [0.29, 0.717) is 12.4 Å². The van der Waals surface area contributed by atoms with Gasteiger partial charge in [0.25, 0.3) is 6.43 Å². The first-order valence-corrected chi connectivity index (χ1v) is 7.12. The van der Waals surface area contributed by atoms with Gasteiger partial charge in [-0.3, -0.25) is 9.59 Å². The topological polar surface area (TPSA) is 43.4 Å². The maximum atomic E-state index is 12.4. The Morgan fingerprint density at radius 2 is 1.61 bits per heavy atom. The van der Waals surface area contributed by atoms with E-state index in [-0.39, 0.29) is 5.56 Å². The third-order valence-corrected chi connectivity index (χ3v) is 3.42. The number of ether oxygens (including phenoxy) is 1. The highest BCUT2D eigenvalue weighted by molar-refractivity contribution is 6.11. The highest BCUT2D eigenvalue weighted by atomic mass is 19.3. The predicted molar refractivity (Wildman–Crippen MR) is 81.7 cm³/mol. The maximum absolute atomic E-state index is 12.4. The minimum absolute atomic E-state index is 0.207. The summed E-state index contributed by atoms with van der Waals surface area (Å²) in [4.78, 5) is 23.2. The van der Waals surface area contributed by atoms with Gasteiger partial charge in [0.05, 0.1) is 5.92 Å². The third kappa shape index (κ3) is 4.45. The van der Waals surface area contributed by atoms with Crippen LogP contribution in [0.3, 0.4) is 0 Å². The molecule has 1 unspecified atom stereocenters. The van der Waals surface area contributed by atoms with Crippen LogP contribution in [0, 0.1) is 5.92 Å². The van der Waals surface area contributed by atoms with Crippen molar-refractivity contribution in [1.29, 1.82) is 0 Å². The van der Waals surface area contributed by atoms with Gasteiger partial charge in [-0.1, -0.05) is 30.3 Å². The Bertz CT molecular complexity index is 666. The number of halogens is 2. The monoisotopic (exact) mass is 318 g/mol. The smallest absolute Gasteiger partial charge is 0.296 e. The molecular weight excluding hydrogens is 302 g/mol. The molecule has 0 saturated heterocycles. The van der Waals surface area contributed by atoms with Crippen molar-refractivity contribution < 1.29 is 23.1 Å². The number of hydrogen-bond acceptors (Lipinski definition) is 3. The van der Waals surface area contributed by atoms with Crippen LogP contribution in [0.5, 0.6) is 5.75 Å². The highest BCUT2D eigenvalue weighted by Gasteiger charge is 2.29. The minimum Gasteiger partial charge on any atom is -0.489 e. The van der Waals surface area contributed by atoms with Gasteiger partial charge < -0.3 is 4.74 Å². The van der Waals surface area contributed by atoms with Gasteiger partial charge in [-0.05, 0) is 36.8 Å². The van der Waals surface area contributed by atoms with Gasteiger partial charge in [-0.15, -0.1) is 0 Å². The standard InChI is InChI=1S/C18H16F2O3/c1-12(17(22)18(19)20)16(21)14-7-9-15(10-8-14)23-11-13-5-3-2-4-6-13/h2-10,12,18H,11H2,1H3. The molecule has 120 valence electrons. The molecule has 2 aromatic rings. The summed E-state index contributed by atoms with van der Waals surface area (Å²) in [5.41, 5.74) is 1.21. The molecule has 0 spiro atoms. The molecule has 0 aliphatic rings. The van der Waals surface area contributed by atoms with Gasteiger partial charge in [0.15, 0.2) is 5.78 Å². The highest BCUT2D eigenvalue weighted by Crippen LogP contribution is 2.18. The van der Waals surface area contributed by atoms with Crippen molar-refractivity contribution in [3.8, 4) is 5.75 Å². The normalized spacial score (nSPS) is 12.0. The minimum atomic E-state index is -3.14. The molecule has 2 aromatic carbocycles. The molecule has 0 aliphatic carbocycles. The second kappa shape index (κ2) is 7.63. The van der Waals surface area contributed by atoms with E-state index in [2.05, 4.69) is 0 Å². The summed E-state index contributed by atoms with van der Waals surface area (Å²) in [6, 6.07) is 15.7. The van der Waals surface area contributed by atoms with E-state index < -0.39 is 23.9 Å². The van der Waals surface area contributed by atoms with Gasteiger partial charge in [0.2, 0.25) is 5.78 Å². The molecule has 23 heavy (non-hydrogen) atoms. The van der Waals surface area contributed by atoms with Crippen molar-refractivity contribution in [2.75, 3.05) is 0 Å². The summed E-state index contributed by atoms with van der Waals surface area (Å²) in [6.07, 6.45) is -3.14. The van der Waals surface area contributed by atoms with E-state index in [1.54, 1.807) is 12.1 Å². The van der Waals surface area contributed by atoms with Crippen molar-refractivity contribution >= 4 is 11.6 Å². The van der Waals surface area contributed by atoms with E-state index in [1.165, 1.54) is 19.1 Å². The molecule has 0 heterocycles. The molecule has 3 nitrogen and oxygen atoms in total. The maximum Gasteiger partial charge on any atom is 0.296 e. The van der Waals surface area contributed by atoms with Gasteiger partial charge in [-0.2, -0.15) is 0 Å². The van der Waals surface area contributed by atoms with Crippen molar-refractivity contribution in [3.63, 3.8) is 0 Å². The molecular formula is C18H16F2O3. The first-order chi connectivity index (χ1) is 11.0. The zero-order valence-corrected chi connectivity index (χ0v) is 12.5. The molecule has 0 N–H and O–H groups in total. The molecule has 0 amide bonds. The van der Waals surface area contributed by atoms with Crippen molar-refractivity contribution in [2.24, 2.45) is 5.92 Å². The molecule has 0 aliphatic heterocycles. The second-order valence-corrected chi connectivity index (χ2v) is 5.09. The number of carbonyl (C=O) groups excluding carboxylic acids is 2. The van der Waals surface area contributed by atoms with E-state index in [9.17, 15) is 18.4 Å². The largest absolute Gasteiger partial charge is 0.489 e. The van der Waals surface area contributed by atoms with Crippen LogP contribution in [0.4, 0.5) is 8.78 Å². The van der Waals surface area contributed by atoms with Crippen LogP contribution in [0.25, 0.3) is 0 Å². The van der Waals surface area contributed by atoms with Crippen LogP contribution in [0.1, 0.15) is 22.8 Å². The Hall–Kier alpha value is -2.56. The molecule has 0 aromatic heterocycles. The third-order valence-electron chi connectivity index (χ3n) is 3.42. The van der Waals surface area contributed by atoms with Gasteiger partial charge in [0, 0.05) is 5.56 Å². The first-order valence-electron chi connectivity index (χ1n) is 7.12. The lowest BCUT2D eigenvalue weighted by molar-refractivity contribution is -0.131. The Morgan fingerprint density at radius 1 is 1.00 bits per heavy atom. The summed E-state index contributed by atoms with van der Waals surface area (Å²) < 4.78 is 30.3. The van der Waals surface area contributed by atoms with E-state index in [4.69, 9.17) is 4.74 Å². The molecule has 5 heteroatoms. The van der Waals surface area contributed by atoms with E-state index in [1.807, 2.05) is 30.3 Å². The fourth-order valence-electron chi connectivity index (χ4n) is 2.02. The lowest BCUT2D eigenvalue weighted by atomic mass is 9.95. The number of alkyl halides is 2. The molecule has 0 fully saturated rings. The SMILES string of the molecule is CC(C(=O)c1ccc(OCc2ccccc2)cc1)C(=O)C(F)F. The lowest BCUT2D eigenvalue weighted by Crippen LogP contribution is -2.26. The van der Waals surface area contributed by atoms with Crippen molar-refractivity contribution in [1.82, 2.24) is 0 Å². The zero-order valence-electron chi connectivity index (χ0n) is 12.5. The van der Waals surface area contributed by atoms with Crippen LogP contribution in [0.2, 0.25) is 0 Å². The molecule has 0 bridgehead atoms. The van der Waals surface area contributed by atoms with E-state index >= 15 is 0 Å². The quantitative estimate of drug-likeness (QED) is 0.574. The van der Waals surface area contributed by atoms with Crippen molar-refractivity contribution in [2.45, 2.75) is 20.0 Å². The van der Waals surface area contributed by atoms with Gasteiger partial charge >= 0.3 is 0 Å². The summed E-state index contributed by atoms with van der Waals surface area (Å²) in [5.74, 6) is -2.78. The number of ketones is 2. The van der Waals surface area contributed by atoms with Gasteiger partial charge in [-0.25, -0.2) is 8.78 Å². The van der Waals surface area contributed by atoms with Crippen LogP contribution in [-0.2, 0) is 11.4 Å². The fraction of sp³-hybridized carbons (Fsp3) is 0.222. The van der Waals surface area contributed by atoms with Crippen LogP contribution in [-0.4, -0.2) is 18.0 Å². The molecule has 2 rings (SSSR count). The van der Waals surface area contributed by atoms with Gasteiger partial charge in [0.1, 0.15) is 12.4 Å². The van der Waals surface area contributed by atoms with Crippen LogP contribution >= 0.6 is 0 Å². The summed E-state index contributed by atoms with van der Waals surface area (Å²) >= 11 is 0. The first kappa shape index (κ1) is 16.8. The Morgan fingerprint density at radius 3 is 2.17 bits per heavy atom. The fourth-order valence-corrected chi connectivity index (χ4v) is 2.02. The Labute approximate surface area is 132 Å². The summed E-state index contributed by atoms with van der Waals surface area (Å²) in [5, 5.41) is 0. The summed E-state index contributed by atoms with van der Waals surface area (Å²) in [7, 11) is 0. The molecule has 0 saturated carbocycles. The Kier molecular flexibility index (Phi) is 5.57. The second-order valence-electron chi connectivity index (χ2n) is 5.09. The number of hydrogen-bond donors (Lipinski definition) is 0. The molecule has 1 atom stereocenters. The van der Waals surface area contributed by atoms with E-state index in [0.717, 1.165) is 5.56 Å². The number of Topliss-reactive ketones (excluding diaryl/α,β-unsaturated/α-hetero) is 2. The predicted octanol–water partition coefficient (Wildman–Crippen LogP) is 3.92. The van der Waals surface area contributed by atoms with Crippen molar-refractivity contribution in [3.05, 3.63) is 65.7 Å². The average Bonchev–Trinajstić information content (AvgIpc) is 2.59. The number of benzene rings is 2. The van der Waals surface area contributed by atoms with Crippen LogP contribution in [0.15, 0.2) is 54.6 Å². The average molecular weight is 318 g/mol. The number of carbonyl (C=O) groups is 2. The summed E-state index contributed by atoms with van der Waals surface area (Å²) in [6.45, 7) is 1.57. The zero-order chi connectivity index (χ0) is 16.8. The van der Waals surface area contributed by atoms with Crippen LogP contribution < -0.4 is 4.74 Å².